The van der Waals surface area contributed by atoms with Crippen molar-refractivity contribution in [3.63, 3.8) is 0 Å². The third kappa shape index (κ3) is 9.08. The van der Waals surface area contributed by atoms with Crippen molar-refractivity contribution in [1.82, 2.24) is 10.0 Å². The number of hydroxylamine groups is 2. The van der Waals surface area contributed by atoms with Gasteiger partial charge in [0, 0.05) is 18.0 Å². The summed E-state index contributed by atoms with van der Waals surface area (Å²) in [5.41, 5.74) is 0. The maximum atomic E-state index is 11.9. The van der Waals surface area contributed by atoms with Crippen molar-refractivity contribution in [2.24, 2.45) is 4.99 Å². The van der Waals surface area contributed by atoms with Gasteiger partial charge in [0.2, 0.25) is 0 Å². The SMILES string of the molecule is CC(CC([O-])=NCCC(=O)ON1C(=O)CC(S(=O)(=O)O)C1=O)SSc1ccccn1.[Na+]. The zero-order valence-electron chi connectivity index (χ0n) is 16.7. The van der Waals surface area contributed by atoms with Gasteiger partial charge in [-0.15, -0.1) is 5.06 Å². The molecule has 164 valence electrons. The van der Waals surface area contributed by atoms with E-state index < -0.39 is 51.9 Å². The van der Waals surface area contributed by atoms with Gasteiger partial charge < -0.3 is 14.9 Å². The molecule has 15 heteroatoms. The van der Waals surface area contributed by atoms with Crippen molar-refractivity contribution in [3.8, 4) is 0 Å². The van der Waals surface area contributed by atoms with Crippen LogP contribution in [0.5, 0.6) is 0 Å². The summed E-state index contributed by atoms with van der Waals surface area (Å²) < 4.78 is 31.0. The number of carbonyl (C=O) groups excluding carboxylic acids is 3. The van der Waals surface area contributed by atoms with Crippen LogP contribution in [0.25, 0.3) is 0 Å². The average molecular weight is 500 g/mol. The van der Waals surface area contributed by atoms with E-state index in [0.29, 0.717) is 0 Å². The molecule has 1 saturated heterocycles. The molecule has 2 amide bonds. The molecule has 1 N–H and O–H groups in total. The predicted octanol–water partition coefficient (Wildman–Crippen LogP) is -2.77. The van der Waals surface area contributed by atoms with Gasteiger partial charge in [0.25, 0.3) is 21.9 Å². The van der Waals surface area contributed by atoms with Gasteiger partial charge in [-0.05, 0) is 35.2 Å². The van der Waals surface area contributed by atoms with Crippen molar-refractivity contribution < 1.29 is 66.9 Å². The molecule has 2 rings (SSSR count). The van der Waals surface area contributed by atoms with E-state index in [9.17, 15) is 27.9 Å². The Morgan fingerprint density at radius 2 is 2.16 bits per heavy atom. The van der Waals surface area contributed by atoms with Gasteiger partial charge in [-0.1, -0.05) is 23.8 Å². The first-order chi connectivity index (χ1) is 14.1. The number of amides is 2. The maximum absolute atomic E-state index is 11.9. The summed E-state index contributed by atoms with van der Waals surface area (Å²) >= 11 is 0. The maximum Gasteiger partial charge on any atom is 1.00 e. The summed E-state index contributed by atoms with van der Waals surface area (Å²) in [6.45, 7) is 1.62. The number of carbonyl (C=O) groups is 3. The molecule has 1 aromatic heterocycles. The Kier molecular flexibility index (Phi) is 11.5. The topological polar surface area (TPSA) is 166 Å². The fourth-order valence-electron chi connectivity index (χ4n) is 2.20. The molecule has 2 heterocycles. The minimum absolute atomic E-state index is 0. The van der Waals surface area contributed by atoms with Gasteiger partial charge >= 0.3 is 35.5 Å². The van der Waals surface area contributed by atoms with Crippen LogP contribution in [-0.2, 0) is 29.3 Å². The van der Waals surface area contributed by atoms with E-state index in [4.69, 9.17) is 4.55 Å². The Morgan fingerprint density at radius 3 is 2.74 bits per heavy atom. The average Bonchev–Trinajstić information content (AvgIpc) is 2.95. The summed E-state index contributed by atoms with van der Waals surface area (Å²) in [6, 6.07) is 5.50. The molecule has 31 heavy (non-hydrogen) atoms. The minimum atomic E-state index is -4.79. The van der Waals surface area contributed by atoms with Gasteiger partial charge in [0.05, 0.1) is 12.8 Å². The Morgan fingerprint density at radius 1 is 1.45 bits per heavy atom. The molecule has 0 aromatic carbocycles. The van der Waals surface area contributed by atoms with Crippen molar-refractivity contribution in [1.29, 1.82) is 0 Å². The molecule has 0 spiro atoms. The first-order valence-electron chi connectivity index (χ1n) is 8.56. The zero-order chi connectivity index (χ0) is 22.3. The Balaban J connectivity index is 0.00000480. The fourth-order valence-corrected chi connectivity index (χ4v) is 4.91. The van der Waals surface area contributed by atoms with Crippen LogP contribution in [0.2, 0.25) is 0 Å². The van der Waals surface area contributed by atoms with E-state index in [0.717, 1.165) is 5.03 Å². The smallest absolute Gasteiger partial charge is 0.862 e. The van der Waals surface area contributed by atoms with Crippen LogP contribution in [0, 0.1) is 0 Å². The van der Waals surface area contributed by atoms with Crippen LogP contribution >= 0.6 is 21.6 Å². The first kappa shape index (κ1) is 27.9. The molecule has 2 atom stereocenters. The zero-order valence-corrected chi connectivity index (χ0v) is 21.1. The molecule has 1 aliphatic heterocycles. The third-order valence-electron chi connectivity index (χ3n) is 3.62. The first-order valence-corrected chi connectivity index (χ1v) is 12.3. The molecular weight excluding hydrogens is 481 g/mol. The fraction of sp³-hybridized carbons (Fsp3) is 0.438. The van der Waals surface area contributed by atoms with Crippen molar-refractivity contribution in [2.45, 2.75) is 41.7 Å². The Bertz CT molecular complexity index is 929. The van der Waals surface area contributed by atoms with Crippen LogP contribution in [0.1, 0.15) is 26.2 Å². The Hall–Kier alpha value is -1.16. The van der Waals surface area contributed by atoms with Gasteiger partial charge in [0.1, 0.15) is 5.03 Å². The normalized spacial score (nSPS) is 17.9. The van der Waals surface area contributed by atoms with E-state index >= 15 is 0 Å². The van der Waals surface area contributed by atoms with Crippen LogP contribution in [-0.4, -0.2) is 63.7 Å². The summed E-state index contributed by atoms with van der Waals surface area (Å²) in [4.78, 5) is 47.5. The summed E-state index contributed by atoms with van der Waals surface area (Å²) in [7, 11) is -1.91. The van der Waals surface area contributed by atoms with Crippen LogP contribution in [0.4, 0.5) is 0 Å². The number of rotatable bonds is 10. The number of nitrogens with zero attached hydrogens (tertiary/aromatic N) is 3. The van der Waals surface area contributed by atoms with Gasteiger partial charge in [-0.3, -0.25) is 14.1 Å². The van der Waals surface area contributed by atoms with Crippen LogP contribution in [0.15, 0.2) is 34.4 Å². The second kappa shape index (κ2) is 12.8. The monoisotopic (exact) mass is 499 g/mol. The number of pyridine rings is 1. The standard InChI is InChI=1S/C16H19N3O8S3.Na/c1-10(28-29-13-4-2-3-6-18-13)8-12(20)17-7-5-15(22)27-19-14(21)9-11(16(19)23)30(24,25)26;/h2-4,6,10-11H,5,7-9H2,1H3,(H,17,20)(H,24,25,26);/q;+1/p-1. The summed E-state index contributed by atoms with van der Waals surface area (Å²) in [5.74, 6) is -3.89. The van der Waals surface area contributed by atoms with E-state index in [1.807, 2.05) is 19.1 Å². The van der Waals surface area contributed by atoms with E-state index in [-0.39, 0.29) is 52.8 Å². The number of hydrogen-bond donors (Lipinski definition) is 1. The molecule has 0 bridgehead atoms. The van der Waals surface area contributed by atoms with E-state index in [2.05, 4.69) is 14.8 Å². The Labute approximate surface area is 208 Å². The second-order valence-corrected chi connectivity index (χ2v) is 10.3. The van der Waals surface area contributed by atoms with E-state index in [1.54, 1.807) is 12.3 Å². The molecule has 0 aliphatic carbocycles. The van der Waals surface area contributed by atoms with Crippen LogP contribution in [0.3, 0.4) is 0 Å². The van der Waals surface area contributed by atoms with Crippen LogP contribution < -0.4 is 34.7 Å². The van der Waals surface area contributed by atoms with Gasteiger partial charge in [-0.25, -0.2) is 9.78 Å². The number of hydrogen-bond acceptors (Lipinski definition) is 11. The molecule has 0 saturated carbocycles. The predicted molar refractivity (Wildman–Crippen MR) is 107 cm³/mol. The molecule has 1 fully saturated rings. The minimum Gasteiger partial charge on any atom is -0.862 e. The number of aromatic nitrogens is 1. The number of aliphatic imine (C=N–C) groups is 1. The summed E-state index contributed by atoms with van der Waals surface area (Å²) in [5, 5.41) is 10.6. The van der Waals surface area contributed by atoms with Gasteiger partial charge in [-0.2, -0.15) is 8.42 Å². The number of imide groups is 1. The third-order valence-corrected chi connectivity index (χ3v) is 7.49. The molecule has 1 aliphatic rings. The van der Waals surface area contributed by atoms with Crippen molar-refractivity contribution in [3.05, 3.63) is 24.4 Å². The molecular formula is C16H18N3NaO8S3. The second-order valence-electron chi connectivity index (χ2n) is 6.09. The quantitative estimate of drug-likeness (QED) is 0.0884. The molecule has 2 unspecified atom stereocenters. The molecule has 0 radical (unpaired) electrons. The van der Waals surface area contributed by atoms with Gasteiger partial charge in [0.15, 0.2) is 5.25 Å². The summed E-state index contributed by atoms with van der Waals surface area (Å²) in [6.07, 6.45) is 0.585. The van der Waals surface area contributed by atoms with Crippen molar-refractivity contribution in [2.75, 3.05) is 6.54 Å². The van der Waals surface area contributed by atoms with E-state index in [1.165, 1.54) is 21.6 Å². The molecule has 11 nitrogen and oxygen atoms in total. The molecule has 1 aromatic rings. The largest absolute Gasteiger partial charge is 1.00 e. The van der Waals surface area contributed by atoms with Crippen molar-refractivity contribution >= 4 is 55.4 Å².